The van der Waals surface area contributed by atoms with E-state index >= 15 is 0 Å². The van der Waals surface area contributed by atoms with Crippen LogP contribution in [0.4, 0.5) is 0 Å². The van der Waals surface area contributed by atoms with Gasteiger partial charge in [-0.3, -0.25) is 4.79 Å². The van der Waals surface area contributed by atoms with E-state index in [0.29, 0.717) is 22.9 Å². The summed E-state index contributed by atoms with van der Waals surface area (Å²) in [7, 11) is 0. The summed E-state index contributed by atoms with van der Waals surface area (Å²) in [5, 5.41) is 4.11. The molecule has 31 heavy (non-hydrogen) atoms. The van der Waals surface area contributed by atoms with Gasteiger partial charge >= 0.3 is 0 Å². The Hall–Kier alpha value is -2.12. The van der Waals surface area contributed by atoms with Gasteiger partial charge in [0.05, 0.1) is 17.4 Å². The molecule has 0 unspecified atom stereocenters. The molecule has 0 aliphatic carbocycles. The first-order chi connectivity index (χ1) is 15.0. The van der Waals surface area contributed by atoms with Crippen LogP contribution in [0, 0.1) is 6.92 Å². The van der Waals surface area contributed by atoms with Crippen LogP contribution in [0.5, 0.6) is 11.5 Å². The van der Waals surface area contributed by atoms with Gasteiger partial charge in [0.15, 0.2) is 6.61 Å². The lowest BCUT2D eigenvalue weighted by atomic mass is 9.97. The molecule has 0 atom stereocenters. The molecule has 3 rings (SSSR count). The second kappa shape index (κ2) is 11.5. The number of hydrazone groups is 1. The van der Waals surface area contributed by atoms with Crippen LogP contribution in [0.3, 0.4) is 0 Å². The zero-order chi connectivity index (χ0) is 22.2. The number of hydrogen-bond donors (Lipinski definition) is 1. The van der Waals surface area contributed by atoms with Crippen LogP contribution < -0.4 is 14.9 Å². The summed E-state index contributed by atoms with van der Waals surface area (Å²) in [6.07, 6.45) is 1.67. The molecule has 1 fully saturated rings. The summed E-state index contributed by atoms with van der Waals surface area (Å²) in [5.74, 6) is 4.01. The van der Waals surface area contributed by atoms with E-state index in [1.165, 1.54) is 17.1 Å². The molecule has 2 aromatic rings. The number of thioether (sulfide) groups is 2. The van der Waals surface area contributed by atoms with E-state index in [2.05, 4.69) is 42.6 Å². The molecule has 0 spiro atoms. The van der Waals surface area contributed by atoms with Crippen molar-refractivity contribution < 1.29 is 14.3 Å². The van der Waals surface area contributed by atoms with Crippen LogP contribution in [0.1, 0.15) is 53.5 Å². The van der Waals surface area contributed by atoms with E-state index < -0.39 is 0 Å². The Kier molecular flexibility index (Phi) is 8.72. The Morgan fingerprint density at radius 1 is 1.19 bits per heavy atom. The summed E-state index contributed by atoms with van der Waals surface area (Å²) in [4.78, 5) is 12.1. The maximum Gasteiger partial charge on any atom is 0.277 e. The van der Waals surface area contributed by atoms with E-state index in [4.69, 9.17) is 9.47 Å². The Morgan fingerprint density at radius 3 is 2.55 bits per heavy atom. The van der Waals surface area contributed by atoms with Crippen molar-refractivity contribution in [1.29, 1.82) is 0 Å². The second-order valence-corrected chi connectivity index (χ2v) is 10.3. The minimum atomic E-state index is -0.296. The number of rotatable bonds is 9. The third kappa shape index (κ3) is 6.68. The maximum absolute atomic E-state index is 12.1. The van der Waals surface area contributed by atoms with Crippen LogP contribution in [-0.2, 0) is 4.79 Å². The molecule has 166 valence electrons. The summed E-state index contributed by atoms with van der Waals surface area (Å²) < 4.78 is 11.9. The zero-order valence-electron chi connectivity index (χ0n) is 18.5. The molecule has 0 saturated carbocycles. The van der Waals surface area contributed by atoms with Gasteiger partial charge in [0.25, 0.3) is 5.91 Å². The average molecular weight is 459 g/mol. The molecule has 1 heterocycles. The van der Waals surface area contributed by atoms with Crippen molar-refractivity contribution in [2.45, 2.75) is 38.2 Å². The van der Waals surface area contributed by atoms with Gasteiger partial charge in [-0.05, 0) is 66.3 Å². The fourth-order valence-electron chi connectivity index (χ4n) is 3.21. The third-order valence-electron chi connectivity index (χ3n) is 4.86. The third-order valence-corrected chi connectivity index (χ3v) is 7.96. The van der Waals surface area contributed by atoms with E-state index in [0.717, 1.165) is 22.4 Å². The fraction of sp³-hybridized carbons (Fsp3) is 0.417. The van der Waals surface area contributed by atoms with Gasteiger partial charge < -0.3 is 9.47 Å². The summed E-state index contributed by atoms with van der Waals surface area (Å²) in [6.45, 7) is 8.79. The Balaban J connectivity index is 1.52. The minimum absolute atomic E-state index is 0.0802. The van der Waals surface area contributed by atoms with Crippen LogP contribution in [0.2, 0.25) is 0 Å². The standard InChI is InChI=1S/C24H30N2O3S2/c1-5-28-22-12-17(4)19(13-21(22)16(2)3)14-25-26-23(27)15-29-20-8-6-18(7-9-20)24-30-10-11-31-24/h6-9,12-14,16,24H,5,10-11,15H2,1-4H3,(H,26,27)/b25-14-. The van der Waals surface area contributed by atoms with Gasteiger partial charge in [0.2, 0.25) is 0 Å². The molecule has 1 aliphatic rings. The number of ether oxygens (including phenoxy) is 2. The zero-order valence-corrected chi connectivity index (χ0v) is 20.1. The highest BCUT2D eigenvalue weighted by atomic mass is 32.2. The van der Waals surface area contributed by atoms with Gasteiger partial charge in [-0.15, -0.1) is 23.5 Å². The lowest BCUT2D eigenvalue weighted by Gasteiger charge is -2.15. The molecule has 0 aromatic heterocycles. The second-order valence-electron chi connectivity index (χ2n) is 7.56. The Labute approximate surface area is 193 Å². The number of carbonyl (C=O) groups excluding carboxylic acids is 1. The van der Waals surface area contributed by atoms with Crippen LogP contribution in [0.15, 0.2) is 41.5 Å². The van der Waals surface area contributed by atoms with Crippen LogP contribution >= 0.6 is 23.5 Å². The number of carbonyl (C=O) groups is 1. The summed E-state index contributed by atoms with van der Waals surface area (Å²) in [6, 6.07) is 12.1. The number of nitrogens with zero attached hydrogens (tertiary/aromatic N) is 1. The molecular weight excluding hydrogens is 428 g/mol. The highest BCUT2D eigenvalue weighted by molar-refractivity contribution is 8.19. The molecule has 2 aromatic carbocycles. The highest BCUT2D eigenvalue weighted by Crippen LogP contribution is 2.45. The van der Waals surface area contributed by atoms with Crippen molar-refractivity contribution >= 4 is 35.6 Å². The predicted molar refractivity (Wildman–Crippen MR) is 132 cm³/mol. The predicted octanol–water partition coefficient (Wildman–Crippen LogP) is 5.52. The normalized spacial score (nSPS) is 14.4. The van der Waals surface area contributed by atoms with E-state index in [1.807, 2.05) is 55.6 Å². The van der Waals surface area contributed by atoms with Crippen molar-refractivity contribution in [3.05, 3.63) is 58.7 Å². The number of hydrogen-bond acceptors (Lipinski definition) is 6. The maximum atomic E-state index is 12.1. The molecule has 1 aliphatic heterocycles. The van der Waals surface area contributed by atoms with Crippen molar-refractivity contribution in [2.75, 3.05) is 24.7 Å². The van der Waals surface area contributed by atoms with Crippen molar-refractivity contribution in [3.8, 4) is 11.5 Å². The molecule has 1 saturated heterocycles. The van der Waals surface area contributed by atoms with Gasteiger partial charge in [0.1, 0.15) is 11.5 Å². The lowest BCUT2D eigenvalue weighted by molar-refractivity contribution is -0.123. The fourth-order valence-corrected chi connectivity index (χ4v) is 6.07. The number of nitrogens with one attached hydrogen (secondary N) is 1. The monoisotopic (exact) mass is 458 g/mol. The SMILES string of the molecule is CCOc1cc(C)c(/C=N\NC(=O)COc2ccc(C3SCCS3)cc2)cc1C(C)C. The van der Waals surface area contributed by atoms with E-state index in [9.17, 15) is 4.79 Å². The molecule has 0 radical (unpaired) electrons. The average Bonchev–Trinajstić information content (AvgIpc) is 3.29. The number of benzene rings is 2. The largest absolute Gasteiger partial charge is 0.494 e. The molecule has 0 bridgehead atoms. The summed E-state index contributed by atoms with van der Waals surface area (Å²) in [5.41, 5.74) is 6.95. The van der Waals surface area contributed by atoms with Gasteiger partial charge in [-0.25, -0.2) is 5.43 Å². The highest BCUT2D eigenvalue weighted by Gasteiger charge is 2.18. The molecule has 1 amide bonds. The van der Waals surface area contributed by atoms with E-state index in [-0.39, 0.29) is 12.5 Å². The molecule has 1 N–H and O–H groups in total. The van der Waals surface area contributed by atoms with Gasteiger partial charge in [-0.1, -0.05) is 26.0 Å². The topological polar surface area (TPSA) is 59.9 Å². The quantitative estimate of drug-likeness (QED) is 0.396. The Morgan fingerprint density at radius 2 is 1.90 bits per heavy atom. The van der Waals surface area contributed by atoms with Gasteiger partial charge in [-0.2, -0.15) is 5.10 Å². The number of aryl methyl sites for hydroxylation is 1. The molecular formula is C24H30N2O3S2. The van der Waals surface area contributed by atoms with Crippen LogP contribution in [-0.4, -0.2) is 36.8 Å². The Bertz CT molecular complexity index is 908. The summed E-state index contributed by atoms with van der Waals surface area (Å²) >= 11 is 3.94. The van der Waals surface area contributed by atoms with Crippen molar-refractivity contribution in [1.82, 2.24) is 5.43 Å². The van der Waals surface area contributed by atoms with Gasteiger partial charge in [0, 0.05) is 11.5 Å². The first kappa shape index (κ1) is 23.5. The number of amides is 1. The first-order valence-electron chi connectivity index (χ1n) is 10.5. The molecule has 5 nitrogen and oxygen atoms in total. The van der Waals surface area contributed by atoms with E-state index in [1.54, 1.807) is 6.21 Å². The molecule has 7 heteroatoms. The minimum Gasteiger partial charge on any atom is -0.494 e. The van der Waals surface area contributed by atoms with Crippen LogP contribution in [0.25, 0.3) is 0 Å². The first-order valence-corrected chi connectivity index (χ1v) is 12.6. The smallest absolute Gasteiger partial charge is 0.277 e. The van der Waals surface area contributed by atoms with Crippen molar-refractivity contribution in [3.63, 3.8) is 0 Å². The van der Waals surface area contributed by atoms with Crippen molar-refractivity contribution in [2.24, 2.45) is 5.10 Å². The lowest BCUT2D eigenvalue weighted by Crippen LogP contribution is -2.24.